The molecule has 0 bridgehead atoms. The van der Waals surface area contributed by atoms with Crippen molar-refractivity contribution in [2.45, 2.75) is 99.3 Å². The van der Waals surface area contributed by atoms with E-state index in [2.05, 4.69) is 56.5 Å². The molecule has 1 atom stereocenters. The molecule has 0 amide bonds. The van der Waals surface area contributed by atoms with E-state index in [1.54, 1.807) is 22.9 Å². The summed E-state index contributed by atoms with van der Waals surface area (Å²) in [6.45, 7) is 16.4. The van der Waals surface area contributed by atoms with Crippen LogP contribution in [0, 0.1) is 10.8 Å². The summed E-state index contributed by atoms with van der Waals surface area (Å²) < 4.78 is 9.63. The molecule has 1 N–H and O–H groups in total. The Bertz CT molecular complexity index is 2330. The lowest BCUT2D eigenvalue weighted by atomic mass is 9.85. The lowest BCUT2D eigenvalue weighted by Gasteiger charge is -2.31. The maximum absolute atomic E-state index is 12.9. The van der Waals surface area contributed by atoms with Gasteiger partial charge in [-0.1, -0.05) is 53.7 Å². The van der Waals surface area contributed by atoms with Crippen molar-refractivity contribution in [1.29, 1.82) is 0 Å². The van der Waals surface area contributed by atoms with E-state index in [4.69, 9.17) is 9.72 Å². The number of phenols is 1. The second-order valence-electron chi connectivity index (χ2n) is 16.0. The molecule has 0 aliphatic carbocycles. The van der Waals surface area contributed by atoms with Crippen molar-refractivity contribution in [2.75, 3.05) is 0 Å². The Balaban J connectivity index is 0.000000153. The Kier molecular flexibility index (Phi) is 10.8. The second-order valence-corrected chi connectivity index (χ2v) is 16.0. The number of hydrogen-bond acceptors (Lipinski definition) is 8. The van der Waals surface area contributed by atoms with Gasteiger partial charge in [-0.2, -0.15) is 0 Å². The minimum Gasteiger partial charge on any atom is -0.508 e. The predicted octanol–water partition coefficient (Wildman–Crippen LogP) is 8.18. The van der Waals surface area contributed by atoms with E-state index in [0.717, 1.165) is 55.3 Å². The number of nitrogens with zero attached hydrogens (tertiary/aromatic N) is 6. The largest absolute Gasteiger partial charge is 0.508 e. The van der Waals surface area contributed by atoms with Crippen molar-refractivity contribution < 1.29 is 9.84 Å². The summed E-state index contributed by atoms with van der Waals surface area (Å²) >= 11 is 0. The van der Waals surface area contributed by atoms with Crippen LogP contribution in [-0.4, -0.2) is 34.2 Å². The van der Waals surface area contributed by atoms with Crippen molar-refractivity contribution in [3.05, 3.63) is 129 Å². The monoisotopic (exact) mass is 714 g/mol. The third kappa shape index (κ3) is 8.81. The van der Waals surface area contributed by atoms with E-state index in [1.165, 1.54) is 6.07 Å². The summed E-state index contributed by atoms with van der Waals surface area (Å²) in [5.41, 5.74) is 3.64. The van der Waals surface area contributed by atoms with E-state index in [-0.39, 0.29) is 33.8 Å². The smallest absolute Gasteiger partial charge is 0.261 e. The van der Waals surface area contributed by atoms with Crippen molar-refractivity contribution in [1.82, 2.24) is 29.1 Å². The number of benzene rings is 2. The van der Waals surface area contributed by atoms with Crippen LogP contribution in [0.5, 0.6) is 11.5 Å². The van der Waals surface area contributed by atoms with Crippen LogP contribution in [0.4, 0.5) is 0 Å². The summed E-state index contributed by atoms with van der Waals surface area (Å²) in [4.78, 5) is 43.1. The number of pyridine rings is 2. The van der Waals surface area contributed by atoms with Crippen molar-refractivity contribution in [3.8, 4) is 11.5 Å². The minimum atomic E-state index is -0.173. The van der Waals surface area contributed by atoms with Crippen molar-refractivity contribution in [3.63, 3.8) is 0 Å². The molecule has 2 aliphatic heterocycles. The van der Waals surface area contributed by atoms with Crippen LogP contribution >= 0.6 is 0 Å². The van der Waals surface area contributed by atoms with Gasteiger partial charge in [-0.3, -0.25) is 28.7 Å². The molecule has 0 spiro atoms. The number of rotatable bonds is 4. The van der Waals surface area contributed by atoms with Gasteiger partial charge in [0.1, 0.15) is 29.3 Å². The third-order valence-electron chi connectivity index (χ3n) is 9.94. The SMILES string of the molecule is CC(C)c1ccccn1.CC(Oc1ccc2c(=O)n3c(nc2c1)CCC(C)(C)C3)c1ccccn1.CC1(C)CCc2nc3cc(O)ccc3c(=O)n2C1. The molecule has 2 aromatic carbocycles. The summed E-state index contributed by atoms with van der Waals surface area (Å²) in [5.74, 6) is 3.10. The number of hydrogen-bond donors (Lipinski definition) is 1. The van der Waals surface area contributed by atoms with Gasteiger partial charge in [0.15, 0.2) is 0 Å². The average molecular weight is 715 g/mol. The van der Waals surface area contributed by atoms with Gasteiger partial charge in [0, 0.05) is 56.2 Å². The summed E-state index contributed by atoms with van der Waals surface area (Å²) in [6, 6.07) is 22.0. The Morgan fingerprint density at radius 2 is 1.19 bits per heavy atom. The fourth-order valence-electron chi connectivity index (χ4n) is 6.80. The molecular weight excluding hydrogens is 665 g/mol. The molecule has 276 valence electrons. The molecule has 0 saturated heterocycles. The average Bonchev–Trinajstić information content (AvgIpc) is 3.13. The van der Waals surface area contributed by atoms with Gasteiger partial charge in [-0.25, -0.2) is 9.97 Å². The Morgan fingerprint density at radius 3 is 1.68 bits per heavy atom. The molecule has 0 saturated carbocycles. The maximum Gasteiger partial charge on any atom is 0.261 e. The van der Waals surface area contributed by atoms with Gasteiger partial charge in [-0.15, -0.1) is 0 Å². The Hall–Kier alpha value is -5.38. The summed E-state index contributed by atoms with van der Waals surface area (Å²) in [5, 5.41) is 10.7. The number of aryl methyl sites for hydroxylation is 2. The minimum absolute atomic E-state index is 0.00257. The fraction of sp³-hybridized carbons (Fsp3) is 0.395. The molecule has 10 heteroatoms. The Morgan fingerprint density at radius 1 is 0.679 bits per heavy atom. The molecule has 6 aromatic rings. The van der Waals surface area contributed by atoms with Gasteiger partial charge < -0.3 is 9.84 Å². The number of phenolic OH excluding ortho intramolecular Hbond substituents is 1. The molecule has 8 rings (SSSR count). The highest BCUT2D eigenvalue weighted by molar-refractivity contribution is 5.80. The van der Waals surface area contributed by atoms with Crippen LogP contribution in [0.25, 0.3) is 21.8 Å². The molecule has 53 heavy (non-hydrogen) atoms. The lowest BCUT2D eigenvalue weighted by molar-refractivity contribution is 0.222. The highest BCUT2D eigenvalue weighted by Gasteiger charge is 2.28. The standard InChI is InChI=1S/C21H23N3O2.C14H16N2O2.C8H11N/c1-14(17-6-4-5-11-22-17)26-15-7-8-16-18(12-15)23-19-9-10-21(2,3)13-24(19)20(16)25;1-14(2)6-5-12-15-11-7-9(17)3-4-10(11)13(18)16(12)8-14;1-7(2)8-5-3-4-6-9-8/h4-8,11-12,14H,9-10,13H2,1-3H3;3-4,7,17H,5-6,8H2,1-2H3;3-7H,1-2H3. The van der Waals surface area contributed by atoms with E-state index >= 15 is 0 Å². The lowest BCUT2D eigenvalue weighted by Crippen LogP contribution is -2.36. The number of fused-ring (bicyclic) bond motifs is 4. The number of aromatic nitrogens is 6. The molecule has 1 unspecified atom stereocenters. The highest BCUT2D eigenvalue weighted by Crippen LogP contribution is 2.31. The maximum atomic E-state index is 12.9. The van der Waals surface area contributed by atoms with E-state index in [0.29, 0.717) is 40.0 Å². The first kappa shape index (κ1) is 37.4. The molecular formula is C43H50N6O4. The first-order valence-corrected chi connectivity index (χ1v) is 18.4. The topological polar surface area (TPSA) is 125 Å². The van der Waals surface area contributed by atoms with Crippen molar-refractivity contribution in [2.24, 2.45) is 10.8 Å². The van der Waals surface area contributed by atoms with Gasteiger partial charge >= 0.3 is 0 Å². The first-order valence-electron chi connectivity index (χ1n) is 18.4. The van der Waals surface area contributed by atoms with Gasteiger partial charge in [0.25, 0.3) is 11.1 Å². The zero-order valence-corrected chi connectivity index (χ0v) is 31.8. The normalized spacial score (nSPS) is 16.0. The molecule has 10 nitrogen and oxygen atoms in total. The molecule has 6 heterocycles. The van der Waals surface area contributed by atoms with Crippen LogP contribution in [0.3, 0.4) is 0 Å². The van der Waals surface area contributed by atoms with Crippen LogP contribution in [0.1, 0.15) is 96.4 Å². The van der Waals surface area contributed by atoms with Gasteiger partial charge in [0.05, 0.1) is 27.5 Å². The molecule has 0 radical (unpaired) electrons. The number of ether oxygens (including phenoxy) is 1. The zero-order chi connectivity index (χ0) is 37.9. The van der Waals surface area contributed by atoms with E-state index in [1.807, 2.05) is 72.3 Å². The molecule has 2 aliphatic rings. The quantitative estimate of drug-likeness (QED) is 0.194. The van der Waals surface area contributed by atoms with E-state index < -0.39 is 0 Å². The fourth-order valence-corrected chi connectivity index (χ4v) is 6.80. The van der Waals surface area contributed by atoms with Crippen LogP contribution in [-0.2, 0) is 25.9 Å². The van der Waals surface area contributed by atoms with Crippen LogP contribution in [0.2, 0.25) is 0 Å². The van der Waals surface area contributed by atoms with E-state index in [9.17, 15) is 14.7 Å². The molecule has 4 aromatic heterocycles. The van der Waals surface area contributed by atoms with Crippen LogP contribution < -0.4 is 15.9 Å². The highest BCUT2D eigenvalue weighted by atomic mass is 16.5. The van der Waals surface area contributed by atoms with Gasteiger partial charge in [-0.05, 0) is 85.0 Å². The third-order valence-corrected chi connectivity index (χ3v) is 9.94. The first-order chi connectivity index (χ1) is 25.2. The van der Waals surface area contributed by atoms with Gasteiger partial charge in [0.2, 0.25) is 0 Å². The predicted molar refractivity (Wildman–Crippen MR) is 209 cm³/mol. The second kappa shape index (κ2) is 15.3. The molecule has 0 fully saturated rings. The Labute approximate surface area is 310 Å². The number of aromatic hydroxyl groups is 1. The van der Waals surface area contributed by atoms with Crippen molar-refractivity contribution >= 4 is 21.8 Å². The van der Waals surface area contributed by atoms with Crippen LogP contribution in [0.15, 0.2) is 94.8 Å². The zero-order valence-electron chi connectivity index (χ0n) is 31.8. The summed E-state index contributed by atoms with van der Waals surface area (Å²) in [7, 11) is 0. The summed E-state index contributed by atoms with van der Waals surface area (Å²) in [6.07, 6.45) is 7.12.